The van der Waals surface area contributed by atoms with Crippen molar-refractivity contribution in [3.63, 3.8) is 0 Å². The Morgan fingerprint density at radius 2 is 1.77 bits per heavy atom. The van der Waals surface area contributed by atoms with Gasteiger partial charge in [-0.1, -0.05) is 37.3 Å². The second kappa shape index (κ2) is 11.5. The molecule has 4 aromatic rings. The van der Waals surface area contributed by atoms with E-state index in [9.17, 15) is 22.8 Å². The first kappa shape index (κ1) is 28.1. The Kier molecular flexibility index (Phi) is 8.28. The molecule has 0 aliphatic rings. The topological polar surface area (TPSA) is 128 Å². The zero-order valence-corrected chi connectivity index (χ0v) is 23.5. The number of benzene rings is 2. The van der Waals surface area contributed by atoms with Gasteiger partial charge in [0.1, 0.15) is 22.4 Å². The Morgan fingerprint density at radius 3 is 2.38 bits per heavy atom. The van der Waals surface area contributed by atoms with E-state index in [1.807, 2.05) is 30.3 Å². The molecule has 1 amide bonds. The van der Waals surface area contributed by atoms with Crippen molar-refractivity contribution in [1.29, 1.82) is 0 Å². The molecule has 0 radical (unpaired) electrons. The van der Waals surface area contributed by atoms with Crippen LogP contribution in [0.1, 0.15) is 40.2 Å². The number of aromatic nitrogens is 2. The zero-order chi connectivity index (χ0) is 28.3. The number of ether oxygens (including phenoxy) is 1. The summed E-state index contributed by atoms with van der Waals surface area (Å²) in [7, 11) is -0.732. The number of rotatable bonds is 9. The van der Waals surface area contributed by atoms with Gasteiger partial charge in [0.2, 0.25) is 15.9 Å². The number of hydrogen-bond acceptors (Lipinski definition) is 8. The van der Waals surface area contributed by atoms with Gasteiger partial charge < -0.3 is 10.1 Å². The van der Waals surface area contributed by atoms with E-state index in [1.165, 1.54) is 49.3 Å². The number of anilines is 1. The average molecular weight is 569 g/mol. The van der Waals surface area contributed by atoms with E-state index in [2.05, 4.69) is 10.3 Å². The molecule has 2 aromatic heterocycles. The first-order chi connectivity index (χ1) is 18.5. The van der Waals surface area contributed by atoms with E-state index >= 15 is 0 Å². The summed E-state index contributed by atoms with van der Waals surface area (Å²) in [6, 6.07) is 14.2. The summed E-state index contributed by atoms with van der Waals surface area (Å²) in [5.74, 6) is -1.01. The number of esters is 1. The first-order valence-electron chi connectivity index (χ1n) is 12.1. The summed E-state index contributed by atoms with van der Waals surface area (Å²) in [6.45, 7) is 3.53. The van der Waals surface area contributed by atoms with Crippen LogP contribution in [0.5, 0.6) is 0 Å². The summed E-state index contributed by atoms with van der Waals surface area (Å²) >= 11 is 1.07. The van der Waals surface area contributed by atoms with Crippen molar-refractivity contribution in [2.45, 2.75) is 37.8 Å². The standard InChI is InChI=1S/C27H28N4O6S2/c1-5-21(24(32)29-19-11-13-20(14-12-19)39(35,36)30(3)4)31-16-28-25-22(26(31)33)17(2)23(38-25)27(34)37-15-18-9-7-6-8-10-18/h6-14,16,21H,5,15H2,1-4H3,(H,29,32). The Hall–Kier alpha value is -3.87. The lowest BCUT2D eigenvalue weighted by Crippen LogP contribution is -2.33. The van der Waals surface area contributed by atoms with Gasteiger partial charge in [0.15, 0.2) is 0 Å². The lowest BCUT2D eigenvalue weighted by atomic mass is 10.1. The molecule has 0 saturated carbocycles. The maximum atomic E-state index is 13.5. The molecule has 1 unspecified atom stereocenters. The summed E-state index contributed by atoms with van der Waals surface area (Å²) in [6.07, 6.45) is 1.60. The van der Waals surface area contributed by atoms with E-state index < -0.39 is 33.5 Å². The number of aryl methyl sites for hydroxylation is 1. The molecule has 1 atom stereocenters. The SMILES string of the molecule is CCC(C(=O)Nc1ccc(S(=O)(=O)N(C)C)cc1)n1cnc2sc(C(=O)OCc3ccccc3)c(C)c2c1=O. The molecule has 39 heavy (non-hydrogen) atoms. The van der Waals surface area contributed by atoms with E-state index in [0.29, 0.717) is 22.5 Å². The van der Waals surface area contributed by atoms with Crippen LogP contribution in [0.2, 0.25) is 0 Å². The molecule has 0 saturated heterocycles. The third kappa shape index (κ3) is 5.77. The van der Waals surface area contributed by atoms with Crippen LogP contribution in [-0.2, 0) is 26.2 Å². The number of carbonyl (C=O) groups excluding carboxylic acids is 2. The highest BCUT2D eigenvalue weighted by Gasteiger charge is 2.25. The van der Waals surface area contributed by atoms with Crippen LogP contribution in [0.3, 0.4) is 0 Å². The minimum Gasteiger partial charge on any atom is -0.457 e. The van der Waals surface area contributed by atoms with Gasteiger partial charge in [0.25, 0.3) is 5.56 Å². The molecule has 2 heterocycles. The summed E-state index contributed by atoms with van der Waals surface area (Å²) in [5.41, 5.74) is 1.24. The van der Waals surface area contributed by atoms with Gasteiger partial charge in [0, 0.05) is 19.8 Å². The fraction of sp³-hybridized carbons (Fsp3) is 0.259. The van der Waals surface area contributed by atoms with Gasteiger partial charge >= 0.3 is 5.97 Å². The molecule has 0 spiro atoms. The van der Waals surface area contributed by atoms with Crippen LogP contribution < -0.4 is 10.9 Å². The highest BCUT2D eigenvalue weighted by Crippen LogP contribution is 2.28. The first-order valence-corrected chi connectivity index (χ1v) is 14.3. The third-order valence-corrected chi connectivity index (χ3v) is 9.21. The van der Waals surface area contributed by atoms with Gasteiger partial charge in [-0.05, 0) is 48.7 Å². The van der Waals surface area contributed by atoms with Crippen LogP contribution in [0.25, 0.3) is 10.2 Å². The van der Waals surface area contributed by atoms with Crippen LogP contribution >= 0.6 is 11.3 Å². The van der Waals surface area contributed by atoms with Crippen LogP contribution in [0.15, 0.2) is 70.6 Å². The average Bonchev–Trinajstić information content (AvgIpc) is 3.26. The Balaban J connectivity index is 1.56. The molecule has 0 aliphatic carbocycles. The quantitative estimate of drug-likeness (QED) is 0.303. The number of sulfonamides is 1. The second-order valence-corrected chi connectivity index (χ2v) is 12.1. The molecule has 0 aliphatic heterocycles. The van der Waals surface area contributed by atoms with Crippen molar-refractivity contribution >= 4 is 49.1 Å². The van der Waals surface area contributed by atoms with Crippen molar-refractivity contribution in [3.8, 4) is 0 Å². The summed E-state index contributed by atoms with van der Waals surface area (Å²) in [5, 5.41) is 3.00. The van der Waals surface area contributed by atoms with Gasteiger partial charge in [-0.15, -0.1) is 11.3 Å². The lowest BCUT2D eigenvalue weighted by molar-refractivity contribution is -0.119. The van der Waals surface area contributed by atoms with Crippen molar-refractivity contribution < 1.29 is 22.7 Å². The highest BCUT2D eigenvalue weighted by molar-refractivity contribution is 7.89. The fourth-order valence-corrected chi connectivity index (χ4v) is 5.93. The fourth-order valence-electron chi connectivity index (χ4n) is 4.00. The van der Waals surface area contributed by atoms with E-state index in [4.69, 9.17) is 4.74 Å². The largest absolute Gasteiger partial charge is 0.457 e. The van der Waals surface area contributed by atoms with Gasteiger partial charge in [-0.2, -0.15) is 0 Å². The number of thiophene rings is 1. The molecule has 0 bridgehead atoms. The van der Waals surface area contributed by atoms with Crippen LogP contribution in [0.4, 0.5) is 5.69 Å². The van der Waals surface area contributed by atoms with Crippen molar-refractivity contribution in [2.24, 2.45) is 0 Å². The van der Waals surface area contributed by atoms with E-state index in [-0.39, 0.29) is 21.8 Å². The minimum atomic E-state index is -3.60. The molecule has 0 fully saturated rings. The molecule has 10 nitrogen and oxygen atoms in total. The molecule has 4 rings (SSSR count). The maximum Gasteiger partial charge on any atom is 0.349 e. The zero-order valence-electron chi connectivity index (χ0n) is 21.9. The van der Waals surface area contributed by atoms with E-state index in [1.54, 1.807) is 13.8 Å². The summed E-state index contributed by atoms with van der Waals surface area (Å²) in [4.78, 5) is 44.5. The highest BCUT2D eigenvalue weighted by atomic mass is 32.2. The Labute approximate surface area is 229 Å². The Bertz CT molecular complexity index is 1680. The number of hydrogen-bond donors (Lipinski definition) is 1. The normalized spacial score (nSPS) is 12.4. The maximum absolute atomic E-state index is 13.5. The van der Waals surface area contributed by atoms with Crippen molar-refractivity contribution in [2.75, 3.05) is 19.4 Å². The van der Waals surface area contributed by atoms with Crippen molar-refractivity contribution in [1.82, 2.24) is 13.9 Å². The van der Waals surface area contributed by atoms with Gasteiger partial charge in [-0.25, -0.2) is 22.5 Å². The number of carbonyl (C=O) groups is 2. The minimum absolute atomic E-state index is 0.0921. The number of fused-ring (bicyclic) bond motifs is 1. The lowest BCUT2D eigenvalue weighted by Gasteiger charge is -2.18. The predicted octanol–water partition coefficient (Wildman–Crippen LogP) is 3.96. The van der Waals surface area contributed by atoms with Crippen LogP contribution in [0, 0.1) is 6.92 Å². The molecule has 2 aromatic carbocycles. The number of nitrogens with one attached hydrogen (secondary N) is 1. The number of amides is 1. The second-order valence-electron chi connectivity index (χ2n) is 8.98. The Morgan fingerprint density at radius 1 is 1.10 bits per heavy atom. The summed E-state index contributed by atoms with van der Waals surface area (Å²) < 4.78 is 32.4. The molecular formula is C27H28N4O6S2. The molecular weight excluding hydrogens is 540 g/mol. The predicted molar refractivity (Wildman–Crippen MR) is 149 cm³/mol. The van der Waals surface area contributed by atoms with E-state index in [0.717, 1.165) is 21.2 Å². The van der Waals surface area contributed by atoms with Gasteiger partial charge in [-0.3, -0.25) is 14.2 Å². The van der Waals surface area contributed by atoms with Crippen LogP contribution in [-0.4, -0.2) is 48.2 Å². The van der Waals surface area contributed by atoms with Crippen molar-refractivity contribution in [3.05, 3.63) is 87.3 Å². The smallest absolute Gasteiger partial charge is 0.349 e. The number of nitrogens with zero attached hydrogens (tertiary/aromatic N) is 3. The third-order valence-electron chi connectivity index (χ3n) is 6.20. The molecule has 204 valence electrons. The van der Waals surface area contributed by atoms with Gasteiger partial charge in [0.05, 0.1) is 16.6 Å². The molecule has 1 N–H and O–H groups in total. The monoisotopic (exact) mass is 568 g/mol. The molecule has 12 heteroatoms.